The smallest absolute Gasteiger partial charge is 0.162 e. The molecule has 3 heterocycles. The first-order valence-corrected chi connectivity index (χ1v) is 8.95. The van der Waals surface area contributed by atoms with E-state index in [2.05, 4.69) is 43.4 Å². The van der Waals surface area contributed by atoms with Gasteiger partial charge in [-0.2, -0.15) is 13.0 Å². The number of piperidine rings is 1. The van der Waals surface area contributed by atoms with Crippen LogP contribution in [-0.2, 0) is 70.2 Å². The maximum absolute atomic E-state index is 9.86. The SMILES string of the molecule is C[C-](O)C1CCCN(c2nnnc3cc(N4CCOCC4)ccc23)C1.[Y].[Y]. The molecule has 1 unspecified atom stereocenters. The number of aliphatic hydroxyl groups excluding tert-OH is 1. The van der Waals surface area contributed by atoms with Crippen LogP contribution in [0.2, 0.25) is 0 Å². The zero-order chi connectivity index (χ0) is 17.2. The van der Waals surface area contributed by atoms with Crippen molar-refractivity contribution in [3.8, 4) is 0 Å². The van der Waals surface area contributed by atoms with Crippen LogP contribution < -0.4 is 9.80 Å². The van der Waals surface area contributed by atoms with Gasteiger partial charge in [-0.3, -0.25) is 0 Å². The molecule has 1 aromatic carbocycles. The van der Waals surface area contributed by atoms with Gasteiger partial charge in [0.25, 0.3) is 0 Å². The average molecular weight is 520 g/mol. The molecule has 2 saturated heterocycles. The normalized spacial score (nSPS) is 20.3. The molecule has 0 saturated carbocycles. The molecule has 2 aliphatic heterocycles. The van der Waals surface area contributed by atoms with Gasteiger partial charge in [0.2, 0.25) is 0 Å². The van der Waals surface area contributed by atoms with Gasteiger partial charge >= 0.3 is 0 Å². The molecule has 1 aromatic heterocycles. The standard InChI is InChI=1S/C18H24N5O2.2Y/c1-13(24)14-3-2-6-23(12-14)18-16-5-4-15(11-17(16)19-21-20-18)22-7-9-25-10-8-22;;/h4-5,11,14,24H,2-3,6-10,12H2,1H3;;/q-1;;. The monoisotopic (exact) mass is 520 g/mol. The van der Waals surface area contributed by atoms with Crippen molar-refractivity contribution in [3.05, 3.63) is 24.3 Å². The van der Waals surface area contributed by atoms with Crippen LogP contribution in [0.1, 0.15) is 19.8 Å². The van der Waals surface area contributed by atoms with E-state index >= 15 is 0 Å². The number of benzene rings is 1. The summed E-state index contributed by atoms with van der Waals surface area (Å²) >= 11 is 0. The quantitative estimate of drug-likeness (QED) is 0.621. The molecular weight excluding hydrogens is 496 g/mol. The third kappa shape index (κ3) is 5.43. The van der Waals surface area contributed by atoms with Crippen LogP contribution in [0.3, 0.4) is 0 Å². The summed E-state index contributed by atoms with van der Waals surface area (Å²) in [6, 6.07) is 6.31. The number of hydrogen-bond acceptors (Lipinski definition) is 7. The summed E-state index contributed by atoms with van der Waals surface area (Å²) in [6.45, 7) is 6.82. The number of fused-ring (bicyclic) bond motifs is 1. The fourth-order valence-corrected chi connectivity index (χ4v) is 3.72. The molecule has 0 aliphatic carbocycles. The predicted octanol–water partition coefficient (Wildman–Crippen LogP) is 2.00. The molecule has 2 radical (unpaired) electrons. The zero-order valence-electron chi connectivity index (χ0n) is 15.7. The Labute approximate surface area is 210 Å². The van der Waals surface area contributed by atoms with Crippen LogP contribution in [0.15, 0.2) is 18.2 Å². The summed E-state index contributed by atoms with van der Waals surface area (Å²) in [5, 5.41) is 23.4. The molecule has 0 amide bonds. The van der Waals surface area contributed by atoms with Crippen molar-refractivity contribution in [2.75, 3.05) is 49.2 Å². The molecule has 4 rings (SSSR count). The number of rotatable bonds is 3. The van der Waals surface area contributed by atoms with E-state index in [0.29, 0.717) is 6.10 Å². The third-order valence-electron chi connectivity index (χ3n) is 5.20. The minimum Gasteiger partial charge on any atom is -0.563 e. The molecule has 140 valence electrons. The van der Waals surface area contributed by atoms with Crippen molar-refractivity contribution < 1.29 is 75.3 Å². The number of morpholine rings is 1. The minimum atomic E-state index is 0. The van der Waals surface area contributed by atoms with Gasteiger partial charge in [0.15, 0.2) is 5.82 Å². The Morgan fingerprint density at radius 1 is 1.11 bits per heavy atom. The van der Waals surface area contributed by atoms with Gasteiger partial charge < -0.3 is 19.6 Å². The minimum absolute atomic E-state index is 0. The average Bonchev–Trinajstić information content (AvgIpc) is 2.68. The van der Waals surface area contributed by atoms with Crippen molar-refractivity contribution in [1.82, 2.24) is 15.4 Å². The maximum Gasteiger partial charge on any atom is 0.162 e. The topological polar surface area (TPSA) is 74.6 Å². The van der Waals surface area contributed by atoms with Crippen molar-refractivity contribution in [2.45, 2.75) is 19.8 Å². The Balaban J connectivity index is 0.00000131. The Morgan fingerprint density at radius 2 is 1.89 bits per heavy atom. The van der Waals surface area contributed by atoms with Gasteiger partial charge in [-0.05, 0) is 36.4 Å². The molecule has 2 aromatic rings. The summed E-state index contributed by atoms with van der Waals surface area (Å²) in [7, 11) is 0. The van der Waals surface area contributed by atoms with Crippen LogP contribution in [0.4, 0.5) is 11.5 Å². The van der Waals surface area contributed by atoms with Gasteiger partial charge in [-0.1, -0.05) is 6.42 Å². The summed E-state index contributed by atoms with van der Waals surface area (Å²) in [5.74, 6) is 1.07. The van der Waals surface area contributed by atoms with E-state index in [1.807, 2.05) is 0 Å². The molecule has 27 heavy (non-hydrogen) atoms. The van der Waals surface area contributed by atoms with Gasteiger partial charge in [0.05, 0.1) is 13.2 Å². The number of nitrogens with zero attached hydrogens (tertiary/aromatic N) is 5. The van der Waals surface area contributed by atoms with Crippen molar-refractivity contribution in [2.24, 2.45) is 5.92 Å². The number of anilines is 2. The van der Waals surface area contributed by atoms with Gasteiger partial charge in [-0.25, -0.2) is 0 Å². The molecule has 1 atom stereocenters. The van der Waals surface area contributed by atoms with E-state index in [1.165, 1.54) is 0 Å². The summed E-state index contributed by atoms with van der Waals surface area (Å²) < 4.78 is 5.43. The first-order valence-electron chi connectivity index (χ1n) is 8.95. The fraction of sp³-hybridized carbons (Fsp3) is 0.556. The number of aliphatic hydroxyl groups is 1. The maximum atomic E-state index is 9.86. The van der Waals surface area contributed by atoms with E-state index in [-0.39, 0.29) is 71.3 Å². The molecule has 1 N–H and O–H groups in total. The van der Waals surface area contributed by atoms with Gasteiger partial charge in [0, 0.05) is 96.1 Å². The van der Waals surface area contributed by atoms with E-state index < -0.39 is 0 Å². The summed E-state index contributed by atoms with van der Waals surface area (Å²) in [4.78, 5) is 4.53. The van der Waals surface area contributed by atoms with Crippen molar-refractivity contribution in [3.63, 3.8) is 0 Å². The second-order valence-electron chi connectivity index (χ2n) is 6.84. The van der Waals surface area contributed by atoms with Crippen LogP contribution in [0.25, 0.3) is 10.9 Å². The fourth-order valence-electron chi connectivity index (χ4n) is 3.72. The van der Waals surface area contributed by atoms with E-state index in [9.17, 15) is 5.11 Å². The van der Waals surface area contributed by atoms with Crippen LogP contribution in [0, 0.1) is 12.0 Å². The number of aromatic nitrogens is 3. The summed E-state index contributed by atoms with van der Waals surface area (Å²) in [5.41, 5.74) is 2.01. The number of hydrogen-bond donors (Lipinski definition) is 1. The molecule has 7 nitrogen and oxygen atoms in total. The zero-order valence-corrected chi connectivity index (χ0v) is 21.4. The largest absolute Gasteiger partial charge is 0.563 e. The van der Waals surface area contributed by atoms with Crippen LogP contribution >= 0.6 is 0 Å². The van der Waals surface area contributed by atoms with Gasteiger partial charge in [-0.15, -0.1) is 16.1 Å². The van der Waals surface area contributed by atoms with E-state index in [4.69, 9.17) is 4.74 Å². The van der Waals surface area contributed by atoms with Gasteiger partial charge in [0.1, 0.15) is 5.52 Å². The van der Waals surface area contributed by atoms with Crippen LogP contribution in [0.5, 0.6) is 0 Å². The molecule has 0 spiro atoms. The van der Waals surface area contributed by atoms with E-state index in [0.717, 1.165) is 74.6 Å². The Morgan fingerprint density at radius 3 is 2.63 bits per heavy atom. The Kier molecular flexibility index (Phi) is 9.43. The first kappa shape index (κ1) is 23.5. The van der Waals surface area contributed by atoms with E-state index in [1.54, 1.807) is 6.92 Å². The number of ether oxygens (including phenoxy) is 1. The third-order valence-corrected chi connectivity index (χ3v) is 5.20. The van der Waals surface area contributed by atoms with Crippen molar-refractivity contribution in [1.29, 1.82) is 0 Å². The van der Waals surface area contributed by atoms with Crippen molar-refractivity contribution >= 4 is 22.4 Å². The van der Waals surface area contributed by atoms with Crippen LogP contribution in [-0.4, -0.2) is 59.9 Å². The molecule has 2 fully saturated rings. The Bertz CT molecular complexity index is 743. The second kappa shape index (κ2) is 10.8. The first-order chi connectivity index (χ1) is 12.2. The summed E-state index contributed by atoms with van der Waals surface area (Å²) in [6.07, 6.45) is 2.57. The molecule has 9 heteroatoms. The molecule has 0 bridgehead atoms. The molecule has 2 aliphatic rings. The molecular formula is C18H24N5O2Y2-. The second-order valence-corrected chi connectivity index (χ2v) is 6.84. The Hall–Kier alpha value is 0.218. The predicted molar refractivity (Wildman–Crippen MR) is 96.2 cm³/mol.